The van der Waals surface area contributed by atoms with Crippen molar-refractivity contribution >= 4 is 23.5 Å². The van der Waals surface area contributed by atoms with Gasteiger partial charge in [-0.05, 0) is 26.0 Å². The summed E-state index contributed by atoms with van der Waals surface area (Å²) in [6, 6.07) is 21.7. The van der Waals surface area contributed by atoms with Crippen molar-refractivity contribution in [2.24, 2.45) is 0 Å². The highest BCUT2D eigenvalue weighted by atomic mass is 16.5. The summed E-state index contributed by atoms with van der Waals surface area (Å²) in [5.74, 6) is -6.67. The molecule has 0 saturated heterocycles. The van der Waals surface area contributed by atoms with Crippen LogP contribution in [-0.4, -0.2) is 40.3 Å². The van der Waals surface area contributed by atoms with E-state index in [4.69, 9.17) is 9.47 Å². The standard InChI is InChI=1S/C31H24O8/c1-3-38-31(37)22-23(25(32)19-10-6-4-7-11-19)27(34)28(35)29(39-30(36)21-12-8-5-9-13-21)24(22)26(33)20-16-14-18(2)15-17-20/h4-17,34-35H,3H2,1-2H3. The predicted octanol–water partition coefficient (Wildman–Crippen LogP) is 5.26. The van der Waals surface area contributed by atoms with Crippen molar-refractivity contribution in [3.63, 3.8) is 0 Å². The third-order valence-electron chi connectivity index (χ3n) is 5.89. The molecule has 8 heteroatoms. The molecule has 4 aromatic rings. The van der Waals surface area contributed by atoms with Crippen LogP contribution in [0.2, 0.25) is 0 Å². The molecule has 0 fully saturated rings. The van der Waals surface area contributed by atoms with Gasteiger partial charge in [0.1, 0.15) is 0 Å². The quantitative estimate of drug-likeness (QED) is 0.138. The van der Waals surface area contributed by atoms with Gasteiger partial charge in [-0.1, -0.05) is 78.4 Å². The van der Waals surface area contributed by atoms with Crippen LogP contribution in [0, 0.1) is 6.92 Å². The molecular formula is C31H24O8. The van der Waals surface area contributed by atoms with Crippen LogP contribution < -0.4 is 4.74 Å². The van der Waals surface area contributed by atoms with E-state index < -0.39 is 57.4 Å². The Balaban J connectivity index is 2.05. The van der Waals surface area contributed by atoms with Crippen molar-refractivity contribution < 1.29 is 38.9 Å². The van der Waals surface area contributed by atoms with Crippen LogP contribution in [-0.2, 0) is 4.74 Å². The summed E-state index contributed by atoms with van der Waals surface area (Å²) in [7, 11) is 0. The van der Waals surface area contributed by atoms with Crippen LogP contribution in [0.25, 0.3) is 0 Å². The topological polar surface area (TPSA) is 127 Å². The van der Waals surface area contributed by atoms with Crippen molar-refractivity contribution in [3.8, 4) is 17.2 Å². The van der Waals surface area contributed by atoms with E-state index >= 15 is 0 Å². The number of rotatable bonds is 8. The average molecular weight is 525 g/mol. The minimum atomic E-state index is -1.13. The minimum Gasteiger partial charge on any atom is -0.504 e. The van der Waals surface area contributed by atoms with Crippen molar-refractivity contribution in [3.05, 3.63) is 124 Å². The van der Waals surface area contributed by atoms with Crippen LogP contribution in [0.3, 0.4) is 0 Å². The van der Waals surface area contributed by atoms with E-state index in [1.54, 1.807) is 48.5 Å². The molecule has 4 rings (SSSR count). The number of benzene rings is 4. The highest BCUT2D eigenvalue weighted by Crippen LogP contribution is 2.46. The van der Waals surface area contributed by atoms with Crippen LogP contribution in [0.5, 0.6) is 17.2 Å². The average Bonchev–Trinajstić information content (AvgIpc) is 2.96. The minimum absolute atomic E-state index is 0.0699. The first-order chi connectivity index (χ1) is 18.7. The molecule has 0 bridgehead atoms. The number of carbonyl (C=O) groups is 4. The zero-order valence-electron chi connectivity index (χ0n) is 21.1. The normalized spacial score (nSPS) is 10.5. The lowest BCUT2D eigenvalue weighted by Crippen LogP contribution is -2.21. The number of ketones is 2. The zero-order chi connectivity index (χ0) is 28.1. The second kappa shape index (κ2) is 11.4. The molecule has 0 spiro atoms. The number of esters is 2. The Bertz CT molecular complexity index is 1560. The number of hydrogen-bond donors (Lipinski definition) is 2. The zero-order valence-corrected chi connectivity index (χ0v) is 21.1. The Kier molecular flexibility index (Phi) is 7.86. The molecular weight excluding hydrogens is 500 g/mol. The van der Waals surface area contributed by atoms with Gasteiger partial charge in [-0.25, -0.2) is 9.59 Å². The first kappa shape index (κ1) is 26.8. The van der Waals surface area contributed by atoms with Crippen LogP contribution in [0.15, 0.2) is 84.9 Å². The lowest BCUT2D eigenvalue weighted by Gasteiger charge is -2.19. The van der Waals surface area contributed by atoms with Gasteiger partial charge in [-0.3, -0.25) is 9.59 Å². The SMILES string of the molecule is CCOC(=O)c1c(C(=O)c2ccccc2)c(O)c(O)c(OC(=O)c2ccccc2)c1C(=O)c1ccc(C)cc1. The first-order valence-corrected chi connectivity index (χ1v) is 12.0. The summed E-state index contributed by atoms with van der Waals surface area (Å²) in [4.78, 5) is 53.8. The highest BCUT2D eigenvalue weighted by Gasteiger charge is 2.37. The van der Waals surface area contributed by atoms with Crippen molar-refractivity contribution in [1.82, 2.24) is 0 Å². The molecule has 0 radical (unpaired) electrons. The third kappa shape index (κ3) is 5.40. The fourth-order valence-electron chi connectivity index (χ4n) is 3.95. The number of hydrogen-bond acceptors (Lipinski definition) is 8. The van der Waals surface area contributed by atoms with Crippen molar-refractivity contribution in [2.75, 3.05) is 6.61 Å². The van der Waals surface area contributed by atoms with Gasteiger partial charge in [-0.15, -0.1) is 0 Å². The summed E-state index contributed by atoms with van der Waals surface area (Å²) in [6.45, 7) is 3.21. The van der Waals surface area contributed by atoms with Gasteiger partial charge in [0.05, 0.1) is 28.9 Å². The van der Waals surface area contributed by atoms with E-state index in [1.165, 1.54) is 43.3 Å². The van der Waals surface area contributed by atoms with Gasteiger partial charge in [0.15, 0.2) is 23.1 Å². The second-order valence-corrected chi connectivity index (χ2v) is 8.52. The molecule has 39 heavy (non-hydrogen) atoms. The summed E-state index contributed by atoms with van der Waals surface area (Å²) >= 11 is 0. The first-order valence-electron chi connectivity index (χ1n) is 12.0. The van der Waals surface area contributed by atoms with E-state index in [2.05, 4.69) is 0 Å². The van der Waals surface area contributed by atoms with Crippen LogP contribution in [0.1, 0.15) is 65.0 Å². The fourth-order valence-corrected chi connectivity index (χ4v) is 3.95. The Labute approximate surface area is 224 Å². The molecule has 196 valence electrons. The number of phenols is 2. The van der Waals surface area contributed by atoms with Gasteiger partial charge in [0.25, 0.3) is 0 Å². The van der Waals surface area contributed by atoms with Crippen LogP contribution >= 0.6 is 0 Å². The molecule has 0 amide bonds. The van der Waals surface area contributed by atoms with E-state index in [0.29, 0.717) is 0 Å². The molecule has 2 N–H and O–H groups in total. The Hall–Kier alpha value is -5.24. The Morgan fingerprint density at radius 3 is 1.69 bits per heavy atom. The largest absolute Gasteiger partial charge is 0.504 e. The summed E-state index contributed by atoms with van der Waals surface area (Å²) in [5.41, 5.74) is -0.828. The maximum absolute atomic E-state index is 13.9. The molecule has 8 nitrogen and oxygen atoms in total. The molecule has 0 aliphatic heterocycles. The van der Waals surface area contributed by atoms with Gasteiger partial charge < -0.3 is 19.7 Å². The van der Waals surface area contributed by atoms with Gasteiger partial charge in [0, 0.05) is 11.1 Å². The van der Waals surface area contributed by atoms with E-state index in [1.807, 2.05) is 6.92 Å². The summed E-state index contributed by atoms with van der Waals surface area (Å²) in [6.07, 6.45) is 0. The Morgan fingerprint density at radius 1 is 0.615 bits per heavy atom. The Morgan fingerprint density at radius 2 is 1.13 bits per heavy atom. The number of aromatic hydroxyl groups is 2. The smallest absolute Gasteiger partial charge is 0.343 e. The van der Waals surface area contributed by atoms with Crippen molar-refractivity contribution in [2.45, 2.75) is 13.8 Å². The second-order valence-electron chi connectivity index (χ2n) is 8.52. The monoisotopic (exact) mass is 524 g/mol. The van der Waals surface area contributed by atoms with Crippen molar-refractivity contribution in [1.29, 1.82) is 0 Å². The van der Waals surface area contributed by atoms with E-state index in [-0.39, 0.29) is 23.3 Å². The number of aryl methyl sites for hydroxylation is 1. The summed E-state index contributed by atoms with van der Waals surface area (Å²) < 4.78 is 10.6. The molecule has 0 aliphatic carbocycles. The lowest BCUT2D eigenvalue weighted by atomic mass is 9.88. The molecule has 0 unspecified atom stereocenters. The molecule has 0 atom stereocenters. The predicted molar refractivity (Wildman–Crippen MR) is 142 cm³/mol. The molecule has 0 aliphatic rings. The third-order valence-corrected chi connectivity index (χ3v) is 5.89. The molecule has 0 heterocycles. The van der Waals surface area contributed by atoms with E-state index in [0.717, 1.165) is 5.56 Å². The highest BCUT2D eigenvalue weighted by molar-refractivity contribution is 6.24. The number of carbonyl (C=O) groups excluding carboxylic acids is 4. The van der Waals surface area contributed by atoms with Gasteiger partial charge in [0.2, 0.25) is 5.75 Å². The molecule has 0 aromatic heterocycles. The van der Waals surface area contributed by atoms with E-state index in [9.17, 15) is 29.4 Å². The fraction of sp³-hybridized carbons (Fsp3) is 0.0968. The molecule has 4 aromatic carbocycles. The van der Waals surface area contributed by atoms with Crippen LogP contribution in [0.4, 0.5) is 0 Å². The maximum atomic E-state index is 13.9. The van der Waals surface area contributed by atoms with Gasteiger partial charge >= 0.3 is 11.9 Å². The van der Waals surface area contributed by atoms with Gasteiger partial charge in [-0.2, -0.15) is 0 Å². The molecule has 0 saturated carbocycles. The number of phenolic OH excluding ortho intramolecular Hbond substituents is 2. The lowest BCUT2D eigenvalue weighted by molar-refractivity contribution is 0.0517. The number of ether oxygens (including phenoxy) is 2. The summed E-state index contributed by atoms with van der Waals surface area (Å²) in [5, 5.41) is 22.1. The maximum Gasteiger partial charge on any atom is 0.343 e.